The quantitative estimate of drug-likeness (QED) is 0.269. The maximum absolute atomic E-state index is 13.3. The van der Waals surface area contributed by atoms with E-state index < -0.39 is 24.3 Å². The third-order valence-electron chi connectivity index (χ3n) is 6.30. The number of aromatic nitrogens is 2. The van der Waals surface area contributed by atoms with Gasteiger partial charge in [-0.1, -0.05) is 24.3 Å². The summed E-state index contributed by atoms with van der Waals surface area (Å²) in [6.07, 6.45) is -6.09. The minimum absolute atomic E-state index is 0.150. The number of para-hydroxylation sites is 1. The van der Waals surface area contributed by atoms with E-state index in [0.29, 0.717) is 30.8 Å². The van der Waals surface area contributed by atoms with Gasteiger partial charge in [0.05, 0.1) is 23.4 Å². The zero-order chi connectivity index (χ0) is 35.5. The zero-order valence-electron chi connectivity index (χ0n) is 25.1. The molecule has 3 aromatic rings. The maximum Gasteiger partial charge on any atom is 0.490 e. The molecule has 1 aliphatic rings. The second kappa shape index (κ2) is 16.4. The molecule has 12 nitrogen and oxygen atoms in total. The van der Waals surface area contributed by atoms with Crippen molar-refractivity contribution in [1.29, 1.82) is 0 Å². The van der Waals surface area contributed by atoms with Crippen molar-refractivity contribution < 1.29 is 60.5 Å². The van der Waals surface area contributed by atoms with E-state index in [2.05, 4.69) is 15.5 Å². The van der Waals surface area contributed by atoms with Crippen molar-refractivity contribution in [3.63, 3.8) is 0 Å². The lowest BCUT2D eigenvalue weighted by atomic mass is 9.95. The van der Waals surface area contributed by atoms with Gasteiger partial charge in [0, 0.05) is 31.9 Å². The molecule has 0 aliphatic carbocycles. The number of aliphatic carboxylic acids is 2. The van der Waals surface area contributed by atoms with Crippen molar-refractivity contribution in [2.45, 2.75) is 18.8 Å². The van der Waals surface area contributed by atoms with E-state index >= 15 is 0 Å². The summed E-state index contributed by atoms with van der Waals surface area (Å²) in [5, 5.41) is 24.0. The molecule has 0 bridgehead atoms. The number of likely N-dealkylation sites (N-methyl/N-ethyl adjacent to an activating group) is 2. The largest absolute Gasteiger partial charge is 0.492 e. The number of nitrogens with one attached hydrogen (secondary N) is 2. The first-order chi connectivity index (χ1) is 21.8. The monoisotopic (exact) mass is 675 g/mol. The molecule has 0 saturated carbocycles. The molecule has 18 heteroatoms. The number of halogens is 6. The molecule has 1 aromatic heterocycles. The van der Waals surface area contributed by atoms with Gasteiger partial charge in [0.25, 0.3) is 5.91 Å². The Morgan fingerprint density at radius 1 is 0.936 bits per heavy atom. The Morgan fingerprint density at radius 2 is 1.53 bits per heavy atom. The molecule has 0 spiro atoms. The van der Waals surface area contributed by atoms with E-state index in [1.807, 2.05) is 55.4 Å². The Morgan fingerprint density at radius 3 is 2.06 bits per heavy atom. The molecule has 1 aliphatic heterocycles. The number of ether oxygens (including phenoxy) is 1. The Kier molecular flexibility index (Phi) is 13.3. The molecule has 1 unspecified atom stereocenters. The van der Waals surface area contributed by atoms with Gasteiger partial charge in [-0.3, -0.25) is 14.7 Å². The number of aromatic amines is 1. The third-order valence-corrected chi connectivity index (χ3v) is 6.30. The average molecular weight is 676 g/mol. The molecular formula is C29H31F6N5O7. The maximum atomic E-state index is 13.3. The van der Waals surface area contributed by atoms with Crippen LogP contribution in [0.25, 0.3) is 11.1 Å². The van der Waals surface area contributed by atoms with Crippen molar-refractivity contribution in [2.75, 3.05) is 46.2 Å². The highest BCUT2D eigenvalue weighted by atomic mass is 19.4. The van der Waals surface area contributed by atoms with Crippen LogP contribution in [0.1, 0.15) is 15.9 Å². The van der Waals surface area contributed by atoms with E-state index in [1.165, 1.54) is 0 Å². The fraction of sp³-hybridized carbons (Fsp3) is 0.345. The van der Waals surface area contributed by atoms with E-state index in [-0.39, 0.29) is 17.7 Å². The number of H-pyrrole nitrogens is 1. The lowest BCUT2D eigenvalue weighted by molar-refractivity contribution is -0.193. The molecule has 4 N–H and O–H groups in total. The normalized spacial score (nSPS) is 13.9. The van der Waals surface area contributed by atoms with Crippen molar-refractivity contribution >= 4 is 29.4 Å². The van der Waals surface area contributed by atoms with Gasteiger partial charge in [0.15, 0.2) is 0 Å². The van der Waals surface area contributed by atoms with Crippen LogP contribution in [0.3, 0.4) is 0 Å². The minimum Gasteiger partial charge on any atom is -0.492 e. The van der Waals surface area contributed by atoms with Gasteiger partial charge in [-0.25, -0.2) is 9.59 Å². The third kappa shape index (κ3) is 12.0. The summed E-state index contributed by atoms with van der Waals surface area (Å²) < 4.78 is 69.3. The summed E-state index contributed by atoms with van der Waals surface area (Å²) in [6, 6.07) is 13.2. The van der Waals surface area contributed by atoms with Crippen LogP contribution in [0.15, 0.2) is 54.9 Å². The minimum atomic E-state index is -5.08. The number of anilines is 1. The molecule has 2 amide bonds. The number of fused-ring (bicyclic) bond motifs is 1. The number of hydrogen-bond acceptors (Lipinski definition) is 7. The van der Waals surface area contributed by atoms with Crippen LogP contribution < -0.4 is 10.1 Å². The summed E-state index contributed by atoms with van der Waals surface area (Å²) in [5.74, 6) is -5.33. The second-order valence-corrected chi connectivity index (χ2v) is 10.2. The summed E-state index contributed by atoms with van der Waals surface area (Å²) in [6.45, 7) is 1.62. The van der Waals surface area contributed by atoms with Gasteiger partial charge in [0.2, 0.25) is 5.91 Å². The summed E-state index contributed by atoms with van der Waals surface area (Å²) in [5.41, 5.74) is 3.67. The first kappa shape index (κ1) is 38.1. The number of carboxylic acids is 2. The molecule has 0 saturated heterocycles. The Labute approximate surface area is 263 Å². The van der Waals surface area contributed by atoms with Gasteiger partial charge in [-0.05, 0) is 49.8 Å². The van der Waals surface area contributed by atoms with Gasteiger partial charge in [-0.15, -0.1) is 0 Å². The highest BCUT2D eigenvalue weighted by molar-refractivity contribution is 6.05. The number of carboxylic acid groups (broad SMARTS) is 2. The van der Waals surface area contributed by atoms with E-state index in [1.54, 1.807) is 30.4 Å². The highest BCUT2D eigenvalue weighted by Crippen LogP contribution is 2.29. The van der Waals surface area contributed by atoms with Crippen LogP contribution in [0.5, 0.6) is 5.75 Å². The predicted octanol–water partition coefficient (Wildman–Crippen LogP) is 4.17. The molecule has 2 aromatic carbocycles. The number of rotatable bonds is 7. The Hall–Kier alpha value is -5.13. The van der Waals surface area contributed by atoms with Crippen molar-refractivity contribution in [3.05, 3.63) is 66.0 Å². The van der Waals surface area contributed by atoms with E-state index in [4.69, 9.17) is 24.5 Å². The number of benzene rings is 2. The fourth-order valence-electron chi connectivity index (χ4n) is 3.81. The first-order valence-electron chi connectivity index (χ1n) is 13.5. The molecule has 4 rings (SSSR count). The molecule has 0 fully saturated rings. The SMILES string of the molecule is CN(C)CCN(C)C(=O)c1cc(-c2cn[nH]c2)ccc1NC(=O)C1COc2ccccc2C1.O=C(O)C(F)(F)F.O=C(O)C(F)(F)F. The lowest BCUT2D eigenvalue weighted by Crippen LogP contribution is -2.35. The van der Waals surface area contributed by atoms with E-state index in [9.17, 15) is 35.9 Å². The summed E-state index contributed by atoms with van der Waals surface area (Å²) in [4.78, 5) is 47.9. The zero-order valence-corrected chi connectivity index (χ0v) is 25.1. The Balaban J connectivity index is 0.000000459. The molecule has 47 heavy (non-hydrogen) atoms. The molecule has 1 atom stereocenters. The highest BCUT2D eigenvalue weighted by Gasteiger charge is 2.39. The number of hydrogen-bond donors (Lipinski definition) is 4. The Bertz CT molecular complexity index is 1500. The fourth-order valence-corrected chi connectivity index (χ4v) is 3.81. The number of amides is 2. The van der Waals surface area contributed by atoms with Crippen LogP contribution in [0.2, 0.25) is 0 Å². The molecule has 256 valence electrons. The molecular weight excluding hydrogens is 644 g/mol. The second-order valence-electron chi connectivity index (χ2n) is 10.2. The lowest BCUT2D eigenvalue weighted by Gasteiger charge is -2.25. The number of carbonyl (C=O) groups is 4. The van der Waals surface area contributed by atoms with Crippen LogP contribution in [-0.2, 0) is 20.8 Å². The van der Waals surface area contributed by atoms with Crippen LogP contribution in [0, 0.1) is 5.92 Å². The van der Waals surface area contributed by atoms with Crippen LogP contribution >= 0.6 is 0 Å². The molecule has 2 heterocycles. The standard InChI is InChI=1S/C25H29N5O3.2C2HF3O2/c1-29(2)10-11-30(3)25(32)21-13-17(20-14-26-27-15-20)8-9-22(21)28-24(31)19-12-18-6-4-5-7-23(18)33-16-19;2*3-2(4,5)1(6)7/h4-9,13-15,19H,10-12,16H2,1-3H3,(H,26,27)(H,28,31);2*(H,6,7). The van der Waals surface area contributed by atoms with Gasteiger partial charge in [0.1, 0.15) is 12.4 Å². The van der Waals surface area contributed by atoms with Crippen molar-refractivity contribution in [3.8, 4) is 16.9 Å². The van der Waals surface area contributed by atoms with E-state index in [0.717, 1.165) is 29.0 Å². The predicted molar refractivity (Wildman–Crippen MR) is 155 cm³/mol. The number of carbonyl (C=O) groups excluding carboxylic acids is 2. The summed E-state index contributed by atoms with van der Waals surface area (Å²) in [7, 11) is 5.70. The van der Waals surface area contributed by atoms with Gasteiger partial charge >= 0.3 is 24.3 Å². The van der Waals surface area contributed by atoms with Crippen LogP contribution in [0.4, 0.5) is 32.0 Å². The smallest absolute Gasteiger partial charge is 0.490 e. The van der Waals surface area contributed by atoms with Gasteiger partial charge in [-0.2, -0.15) is 31.4 Å². The van der Waals surface area contributed by atoms with Gasteiger partial charge < -0.3 is 30.1 Å². The van der Waals surface area contributed by atoms with Crippen LogP contribution in [-0.4, -0.2) is 107 Å². The first-order valence-corrected chi connectivity index (χ1v) is 13.5. The van der Waals surface area contributed by atoms with Crippen molar-refractivity contribution in [2.24, 2.45) is 5.92 Å². The molecule has 0 radical (unpaired) electrons. The average Bonchev–Trinajstić information content (AvgIpc) is 3.54. The van der Waals surface area contributed by atoms with Crippen molar-refractivity contribution in [1.82, 2.24) is 20.0 Å². The number of alkyl halides is 6. The topological polar surface area (TPSA) is 165 Å². The number of nitrogens with zero attached hydrogens (tertiary/aromatic N) is 3. The summed E-state index contributed by atoms with van der Waals surface area (Å²) >= 11 is 0.